The summed E-state index contributed by atoms with van der Waals surface area (Å²) in [5.74, 6) is -3.05. The third-order valence-electron chi connectivity index (χ3n) is 10.0. The van der Waals surface area contributed by atoms with E-state index in [0.717, 1.165) is 0 Å². The fourth-order valence-corrected chi connectivity index (χ4v) is 8.26. The highest BCUT2D eigenvalue weighted by molar-refractivity contribution is 5.92. The second-order valence-electron chi connectivity index (χ2n) is 11.9. The van der Waals surface area contributed by atoms with Crippen LogP contribution in [-0.2, 0) is 23.9 Å². The number of hydrogen-bond donors (Lipinski definition) is 2. The number of methoxy groups -OCH3 is 1. The average molecular weight is 487 g/mol. The largest absolute Gasteiger partial charge is 0.472 e. The minimum atomic E-state index is -1.52. The van der Waals surface area contributed by atoms with Gasteiger partial charge < -0.3 is 24.1 Å². The molecule has 0 aromatic carbocycles. The van der Waals surface area contributed by atoms with Crippen molar-refractivity contribution in [2.24, 2.45) is 34.0 Å². The Bertz CT molecular complexity index is 1100. The number of ether oxygens (including phenoxy) is 2. The number of furan rings is 1. The van der Waals surface area contributed by atoms with E-state index in [9.17, 15) is 24.6 Å². The van der Waals surface area contributed by atoms with E-state index < -0.39 is 63.7 Å². The minimum absolute atomic E-state index is 0.0223. The van der Waals surface area contributed by atoms with Gasteiger partial charge in [0.1, 0.15) is 11.9 Å². The van der Waals surface area contributed by atoms with Gasteiger partial charge in [-0.1, -0.05) is 27.7 Å². The summed E-state index contributed by atoms with van der Waals surface area (Å²) in [6.45, 7) is 7.56. The minimum Gasteiger partial charge on any atom is -0.472 e. The van der Waals surface area contributed by atoms with E-state index in [-0.39, 0.29) is 18.6 Å². The highest BCUT2D eigenvalue weighted by Crippen LogP contribution is 2.70. The number of carbonyl (C=O) groups is 3. The maximum Gasteiger partial charge on any atom is 0.331 e. The maximum absolute atomic E-state index is 13.9. The summed E-state index contributed by atoms with van der Waals surface area (Å²) in [5, 5.41) is 23.9. The summed E-state index contributed by atoms with van der Waals surface area (Å²) in [6, 6.07) is 1.75. The van der Waals surface area contributed by atoms with Gasteiger partial charge in [-0.05, 0) is 42.2 Å². The molecule has 0 spiro atoms. The zero-order valence-electron chi connectivity index (χ0n) is 20.9. The Kier molecular flexibility index (Phi) is 5.22. The number of aliphatic hydroxyl groups is 2. The molecule has 8 atom stereocenters. The molecule has 0 amide bonds. The number of Topliss-reactive ketones (excluding diaryl/α,β-unsaturated/α-hetero) is 1. The van der Waals surface area contributed by atoms with E-state index in [2.05, 4.69) is 0 Å². The molecule has 0 unspecified atom stereocenters. The zero-order chi connectivity index (χ0) is 25.6. The highest BCUT2D eigenvalue weighted by atomic mass is 16.5. The Morgan fingerprint density at radius 3 is 2.57 bits per heavy atom. The van der Waals surface area contributed by atoms with Crippen LogP contribution in [0.15, 0.2) is 34.7 Å². The van der Waals surface area contributed by atoms with Crippen LogP contribution in [0.1, 0.15) is 65.0 Å². The third-order valence-corrected chi connectivity index (χ3v) is 10.0. The molecule has 1 aliphatic heterocycles. The number of cyclic esters (lactones) is 1. The summed E-state index contributed by atoms with van der Waals surface area (Å²) >= 11 is 0. The van der Waals surface area contributed by atoms with Crippen molar-refractivity contribution in [3.63, 3.8) is 0 Å². The molecule has 3 fully saturated rings. The second kappa shape index (κ2) is 7.53. The summed E-state index contributed by atoms with van der Waals surface area (Å²) in [6.07, 6.45) is 3.78. The number of rotatable bonds is 3. The number of hydrogen-bond acceptors (Lipinski definition) is 8. The van der Waals surface area contributed by atoms with Crippen LogP contribution in [0.3, 0.4) is 0 Å². The predicted octanol–water partition coefficient (Wildman–Crippen LogP) is 3.13. The molecule has 0 radical (unpaired) electrons. The molecule has 1 aromatic heterocycles. The molecule has 0 saturated heterocycles. The van der Waals surface area contributed by atoms with Gasteiger partial charge in [-0.15, -0.1) is 0 Å². The number of fused-ring (bicyclic) bond motifs is 6. The predicted molar refractivity (Wildman–Crippen MR) is 123 cm³/mol. The van der Waals surface area contributed by atoms with Gasteiger partial charge in [0.05, 0.1) is 31.3 Å². The number of carbonyl (C=O) groups excluding carboxylic acids is 3. The van der Waals surface area contributed by atoms with Gasteiger partial charge in [-0.3, -0.25) is 9.59 Å². The van der Waals surface area contributed by atoms with Gasteiger partial charge in [-0.25, -0.2) is 4.79 Å². The molecule has 3 aliphatic carbocycles. The van der Waals surface area contributed by atoms with Crippen LogP contribution in [0.25, 0.3) is 0 Å². The van der Waals surface area contributed by atoms with Gasteiger partial charge in [0.2, 0.25) is 0 Å². The van der Waals surface area contributed by atoms with E-state index in [1.54, 1.807) is 12.3 Å². The molecular formula is C27H34O8. The standard InChI is InChI=1S/C27H34O8/c1-24(2)17(10-19(28)33-5)26(4)16-6-8-25(3)18(27(16,32)12-15(21(24)30)22(26)31)11-20(29)35-23(25)14-7-9-34-13-14/h7,9,11,13,15-17,21,23,30,32H,6,8,10,12H2,1-5H3/t15-,16+,17-,21+,23-,25+,26+,27+/m0/s1. The molecule has 3 saturated carbocycles. The molecule has 5 rings (SSSR count). The van der Waals surface area contributed by atoms with Gasteiger partial charge in [0, 0.05) is 40.7 Å². The van der Waals surface area contributed by atoms with Crippen LogP contribution in [0.2, 0.25) is 0 Å². The summed E-state index contributed by atoms with van der Waals surface area (Å²) < 4.78 is 16.0. The van der Waals surface area contributed by atoms with Crippen molar-refractivity contribution in [1.82, 2.24) is 0 Å². The van der Waals surface area contributed by atoms with Crippen molar-refractivity contribution in [3.05, 3.63) is 35.8 Å². The number of esters is 2. The van der Waals surface area contributed by atoms with Crippen LogP contribution in [-0.4, -0.2) is 46.7 Å². The third kappa shape index (κ3) is 3.02. The first-order valence-corrected chi connectivity index (χ1v) is 12.3. The highest BCUT2D eigenvalue weighted by Gasteiger charge is 2.73. The lowest BCUT2D eigenvalue weighted by atomic mass is 9.37. The van der Waals surface area contributed by atoms with Crippen molar-refractivity contribution in [3.8, 4) is 0 Å². The SMILES string of the molecule is COC(=O)C[C@H]1C(C)(C)[C@H](O)[C@@H]2C[C@]3(O)C4=CC(=O)O[C@@H](c5ccoc5)[C@]4(C)CC[C@@H]3[C@@]1(C)C2=O. The van der Waals surface area contributed by atoms with Crippen molar-refractivity contribution >= 4 is 17.7 Å². The van der Waals surface area contributed by atoms with E-state index in [1.807, 2.05) is 27.7 Å². The van der Waals surface area contributed by atoms with Crippen LogP contribution < -0.4 is 0 Å². The molecule has 2 N–H and O–H groups in total. The quantitative estimate of drug-likeness (QED) is 0.625. The van der Waals surface area contributed by atoms with Gasteiger partial charge >= 0.3 is 11.9 Å². The van der Waals surface area contributed by atoms with E-state index >= 15 is 0 Å². The Morgan fingerprint density at radius 2 is 1.94 bits per heavy atom. The summed E-state index contributed by atoms with van der Waals surface area (Å²) in [5.41, 5.74) is -2.85. The lowest BCUT2D eigenvalue weighted by Gasteiger charge is -2.67. The normalized spacial score (nSPS) is 44.0. The zero-order valence-corrected chi connectivity index (χ0v) is 20.9. The topological polar surface area (TPSA) is 123 Å². The van der Waals surface area contributed by atoms with Gasteiger partial charge in [-0.2, -0.15) is 0 Å². The average Bonchev–Trinajstić information content (AvgIpc) is 3.33. The van der Waals surface area contributed by atoms with Crippen molar-refractivity contribution in [1.29, 1.82) is 0 Å². The number of aliphatic hydroxyl groups excluding tert-OH is 1. The first kappa shape index (κ1) is 24.3. The Balaban J connectivity index is 1.66. The van der Waals surface area contributed by atoms with Crippen LogP contribution in [0, 0.1) is 34.0 Å². The van der Waals surface area contributed by atoms with Gasteiger partial charge in [0.25, 0.3) is 0 Å². The van der Waals surface area contributed by atoms with Gasteiger partial charge in [0.15, 0.2) is 0 Å². The summed E-state index contributed by atoms with van der Waals surface area (Å²) in [7, 11) is 1.30. The first-order chi connectivity index (χ1) is 16.3. The molecule has 4 aliphatic rings. The Hall–Kier alpha value is -2.45. The van der Waals surface area contributed by atoms with E-state index in [1.165, 1.54) is 19.4 Å². The molecule has 8 nitrogen and oxygen atoms in total. The monoisotopic (exact) mass is 486 g/mol. The van der Waals surface area contributed by atoms with Crippen molar-refractivity contribution in [2.75, 3.05) is 7.11 Å². The smallest absolute Gasteiger partial charge is 0.331 e. The molecule has 1 aromatic rings. The van der Waals surface area contributed by atoms with Crippen molar-refractivity contribution < 1.29 is 38.5 Å². The summed E-state index contributed by atoms with van der Waals surface area (Å²) in [4.78, 5) is 39.1. The molecule has 8 heteroatoms. The molecular weight excluding hydrogens is 452 g/mol. The fourth-order valence-electron chi connectivity index (χ4n) is 8.26. The molecule has 2 heterocycles. The van der Waals surface area contributed by atoms with Crippen LogP contribution >= 0.6 is 0 Å². The lowest BCUT2D eigenvalue weighted by molar-refractivity contribution is -0.230. The lowest BCUT2D eigenvalue weighted by Crippen LogP contribution is -2.72. The van der Waals surface area contributed by atoms with E-state index in [4.69, 9.17) is 13.9 Å². The molecule has 2 bridgehead atoms. The van der Waals surface area contributed by atoms with E-state index in [0.29, 0.717) is 24.0 Å². The Morgan fingerprint density at radius 1 is 1.23 bits per heavy atom. The first-order valence-electron chi connectivity index (χ1n) is 12.3. The number of ketones is 1. The fraction of sp³-hybridized carbons (Fsp3) is 0.667. The maximum atomic E-state index is 13.9. The van der Waals surface area contributed by atoms with Crippen LogP contribution in [0.5, 0.6) is 0 Å². The Labute approximate surface area is 204 Å². The van der Waals surface area contributed by atoms with Crippen molar-refractivity contribution in [2.45, 2.75) is 71.2 Å². The van der Waals surface area contributed by atoms with Crippen LogP contribution in [0.4, 0.5) is 0 Å². The second-order valence-corrected chi connectivity index (χ2v) is 11.9. The molecule has 35 heavy (non-hydrogen) atoms. The molecule has 190 valence electrons.